The highest BCUT2D eigenvalue weighted by Gasteiger charge is 2.26. The van der Waals surface area contributed by atoms with Gasteiger partial charge in [0, 0.05) is 12.1 Å². The molecule has 0 bridgehead atoms. The van der Waals surface area contributed by atoms with Crippen molar-refractivity contribution in [2.45, 2.75) is 32.9 Å². The topological polar surface area (TPSA) is 57.2 Å². The summed E-state index contributed by atoms with van der Waals surface area (Å²) in [6.45, 7) is 5.64. The highest BCUT2D eigenvalue weighted by atomic mass is 35.5. The van der Waals surface area contributed by atoms with Crippen LogP contribution in [0.4, 0.5) is 10.5 Å². The lowest BCUT2D eigenvalue weighted by Gasteiger charge is -2.27. The first-order valence-corrected chi connectivity index (χ1v) is 9.23. The SMILES string of the molecule is COc1cc(OC)c(CN(C(=O)OC(C)Cl)c2c(C)cccc2C)c(OC)c1. The van der Waals surface area contributed by atoms with Gasteiger partial charge in [-0.1, -0.05) is 29.8 Å². The number of aryl methyl sites for hydroxylation is 2. The number of anilines is 1. The largest absolute Gasteiger partial charge is 0.496 e. The Balaban J connectivity index is 2.59. The van der Waals surface area contributed by atoms with E-state index in [-0.39, 0.29) is 6.54 Å². The van der Waals surface area contributed by atoms with E-state index in [9.17, 15) is 4.79 Å². The number of methoxy groups -OCH3 is 3. The van der Waals surface area contributed by atoms with E-state index in [0.717, 1.165) is 16.8 Å². The molecular formula is C21H26ClNO5. The number of ether oxygens (including phenoxy) is 4. The first-order chi connectivity index (χ1) is 13.3. The van der Waals surface area contributed by atoms with Crippen LogP contribution in [0.3, 0.4) is 0 Å². The average molecular weight is 408 g/mol. The van der Waals surface area contributed by atoms with Crippen LogP contribution in [0.15, 0.2) is 30.3 Å². The number of carbonyl (C=O) groups is 1. The third kappa shape index (κ3) is 4.81. The molecule has 0 aliphatic heterocycles. The maximum absolute atomic E-state index is 12.9. The Kier molecular flexibility index (Phi) is 7.40. The number of carbonyl (C=O) groups excluding carboxylic acids is 1. The Bertz CT molecular complexity index is 792. The molecule has 0 heterocycles. The minimum atomic E-state index is -0.765. The van der Waals surface area contributed by atoms with Gasteiger partial charge in [0.15, 0.2) is 5.56 Å². The number of halogens is 1. The van der Waals surface area contributed by atoms with Gasteiger partial charge in [-0.05, 0) is 31.9 Å². The molecule has 2 aromatic carbocycles. The van der Waals surface area contributed by atoms with E-state index < -0.39 is 11.7 Å². The number of rotatable bonds is 7. The standard InChI is InChI=1S/C21H26ClNO5/c1-13-8-7-9-14(2)20(13)23(21(24)28-15(3)22)12-17-18(26-5)10-16(25-4)11-19(17)27-6/h7-11,15H,12H2,1-6H3. The van der Waals surface area contributed by atoms with Gasteiger partial charge >= 0.3 is 6.09 Å². The number of hydrogen-bond acceptors (Lipinski definition) is 5. The van der Waals surface area contributed by atoms with E-state index in [4.69, 9.17) is 30.5 Å². The minimum absolute atomic E-state index is 0.171. The Labute approximate surface area is 170 Å². The molecule has 0 fully saturated rings. The van der Waals surface area contributed by atoms with E-state index in [2.05, 4.69) is 0 Å². The third-order valence-electron chi connectivity index (χ3n) is 4.33. The summed E-state index contributed by atoms with van der Waals surface area (Å²) >= 11 is 5.91. The first kappa shape index (κ1) is 21.7. The molecule has 2 aromatic rings. The molecule has 0 aliphatic carbocycles. The second-order valence-corrected chi connectivity index (χ2v) is 6.88. The molecule has 1 amide bonds. The summed E-state index contributed by atoms with van der Waals surface area (Å²) in [6.07, 6.45) is -0.556. The Morgan fingerprint density at radius 2 is 1.57 bits per heavy atom. The van der Waals surface area contributed by atoms with Crippen molar-refractivity contribution in [3.05, 3.63) is 47.0 Å². The number of nitrogens with zero attached hydrogens (tertiary/aromatic N) is 1. The van der Waals surface area contributed by atoms with Crippen molar-refractivity contribution in [1.82, 2.24) is 0 Å². The smallest absolute Gasteiger partial charge is 0.416 e. The van der Waals surface area contributed by atoms with Crippen LogP contribution >= 0.6 is 11.6 Å². The number of para-hydroxylation sites is 1. The Hall–Kier alpha value is -2.60. The molecule has 2 rings (SSSR count). The Morgan fingerprint density at radius 3 is 2.00 bits per heavy atom. The van der Waals surface area contributed by atoms with Crippen molar-refractivity contribution in [1.29, 1.82) is 0 Å². The molecule has 0 aromatic heterocycles. The Morgan fingerprint density at radius 1 is 1.04 bits per heavy atom. The molecule has 0 radical (unpaired) electrons. The zero-order valence-corrected chi connectivity index (χ0v) is 17.8. The fraction of sp³-hybridized carbons (Fsp3) is 0.381. The van der Waals surface area contributed by atoms with E-state index in [0.29, 0.717) is 22.8 Å². The van der Waals surface area contributed by atoms with Crippen molar-refractivity contribution in [3.8, 4) is 17.2 Å². The predicted molar refractivity (Wildman–Crippen MR) is 110 cm³/mol. The van der Waals surface area contributed by atoms with Gasteiger partial charge in [-0.3, -0.25) is 4.90 Å². The van der Waals surface area contributed by atoms with Crippen LogP contribution in [0.2, 0.25) is 0 Å². The lowest BCUT2D eigenvalue weighted by Crippen LogP contribution is -2.33. The summed E-state index contributed by atoms with van der Waals surface area (Å²) in [5.41, 5.74) is 2.55. The van der Waals surface area contributed by atoms with Crippen LogP contribution in [0.25, 0.3) is 0 Å². The second-order valence-electron chi connectivity index (χ2n) is 6.26. The lowest BCUT2D eigenvalue weighted by atomic mass is 10.1. The molecule has 6 nitrogen and oxygen atoms in total. The molecule has 0 spiro atoms. The zero-order chi connectivity index (χ0) is 20.8. The zero-order valence-electron chi connectivity index (χ0n) is 17.0. The van der Waals surface area contributed by atoms with Gasteiger partial charge in [-0.15, -0.1) is 0 Å². The van der Waals surface area contributed by atoms with Gasteiger partial charge in [0.1, 0.15) is 17.2 Å². The van der Waals surface area contributed by atoms with Crippen molar-refractivity contribution in [2.75, 3.05) is 26.2 Å². The number of benzene rings is 2. The molecule has 7 heteroatoms. The van der Waals surface area contributed by atoms with Crippen molar-refractivity contribution in [2.24, 2.45) is 0 Å². The summed E-state index contributed by atoms with van der Waals surface area (Å²) in [4.78, 5) is 14.4. The summed E-state index contributed by atoms with van der Waals surface area (Å²) < 4.78 is 21.6. The van der Waals surface area contributed by atoms with Crippen molar-refractivity contribution in [3.63, 3.8) is 0 Å². The van der Waals surface area contributed by atoms with Crippen LogP contribution in [0, 0.1) is 13.8 Å². The fourth-order valence-electron chi connectivity index (χ4n) is 3.06. The number of alkyl halides is 1. The van der Waals surface area contributed by atoms with Crippen LogP contribution in [-0.2, 0) is 11.3 Å². The fourth-order valence-corrected chi connectivity index (χ4v) is 3.14. The normalized spacial score (nSPS) is 11.5. The quantitative estimate of drug-likeness (QED) is 0.600. The first-order valence-electron chi connectivity index (χ1n) is 8.79. The molecule has 152 valence electrons. The number of amides is 1. The van der Waals surface area contributed by atoms with Gasteiger partial charge in [-0.25, -0.2) is 4.79 Å². The van der Waals surface area contributed by atoms with Crippen LogP contribution in [0.1, 0.15) is 23.6 Å². The molecule has 1 unspecified atom stereocenters. The molecular weight excluding hydrogens is 382 g/mol. The molecule has 28 heavy (non-hydrogen) atoms. The van der Waals surface area contributed by atoms with Gasteiger partial charge < -0.3 is 18.9 Å². The highest BCUT2D eigenvalue weighted by molar-refractivity contribution is 6.20. The van der Waals surface area contributed by atoms with Gasteiger partial charge in [0.25, 0.3) is 0 Å². The van der Waals surface area contributed by atoms with E-state index >= 15 is 0 Å². The molecule has 0 saturated heterocycles. The van der Waals surface area contributed by atoms with Gasteiger partial charge in [0.2, 0.25) is 0 Å². The van der Waals surface area contributed by atoms with Crippen LogP contribution in [0.5, 0.6) is 17.2 Å². The monoisotopic (exact) mass is 407 g/mol. The third-order valence-corrected chi connectivity index (χ3v) is 4.42. The molecule has 1 atom stereocenters. The summed E-state index contributed by atoms with van der Waals surface area (Å²) in [7, 11) is 4.68. The number of hydrogen-bond donors (Lipinski definition) is 0. The molecule has 0 saturated carbocycles. The lowest BCUT2D eigenvalue weighted by molar-refractivity contribution is 0.145. The van der Waals surface area contributed by atoms with Crippen LogP contribution in [-0.4, -0.2) is 33.0 Å². The van der Waals surface area contributed by atoms with E-state index in [1.165, 1.54) is 4.90 Å². The second kappa shape index (κ2) is 9.55. The highest BCUT2D eigenvalue weighted by Crippen LogP contribution is 2.37. The van der Waals surface area contributed by atoms with Crippen molar-refractivity contribution < 1.29 is 23.7 Å². The predicted octanol–water partition coefficient (Wildman–Crippen LogP) is 5.06. The summed E-state index contributed by atoms with van der Waals surface area (Å²) in [5, 5.41) is 0. The summed E-state index contributed by atoms with van der Waals surface area (Å²) in [5.74, 6) is 1.67. The molecule has 0 aliphatic rings. The van der Waals surface area contributed by atoms with E-state index in [1.54, 1.807) is 40.4 Å². The summed E-state index contributed by atoms with van der Waals surface area (Å²) in [6, 6.07) is 9.31. The minimum Gasteiger partial charge on any atom is -0.496 e. The van der Waals surface area contributed by atoms with Crippen LogP contribution < -0.4 is 19.1 Å². The van der Waals surface area contributed by atoms with Gasteiger partial charge in [-0.2, -0.15) is 0 Å². The average Bonchev–Trinajstić information content (AvgIpc) is 2.65. The maximum atomic E-state index is 12.9. The maximum Gasteiger partial charge on any atom is 0.416 e. The van der Waals surface area contributed by atoms with E-state index in [1.807, 2.05) is 32.0 Å². The molecule has 0 N–H and O–H groups in total. The van der Waals surface area contributed by atoms with Gasteiger partial charge in [0.05, 0.1) is 39.1 Å². The van der Waals surface area contributed by atoms with Crippen molar-refractivity contribution >= 4 is 23.4 Å².